The number of nitrogen functional groups attached to an aromatic ring is 2. The number of hydrogen-bond acceptors (Lipinski definition) is 9. The lowest BCUT2D eigenvalue weighted by Crippen LogP contribution is -2.15. The van der Waals surface area contributed by atoms with E-state index >= 15 is 0 Å². The molecule has 0 aliphatic heterocycles. The summed E-state index contributed by atoms with van der Waals surface area (Å²) in [6, 6.07) is 11.8. The lowest BCUT2D eigenvalue weighted by Gasteiger charge is -2.02. The van der Waals surface area contributed by atoms with Crippen LogP contribution in [0.1, 0.15) is 0 Å². The highest BCUT2D eigenvalue weighted by Gasteiger charge is 2.12. The molecule has 0 fully saturated rings. The van der Waals surface area contributed by atoms with E-state index in [0.29, 0.717) is 5.39 Å². The first-order chi connectivity index (χ1) is 12.5. The highest BCUT2D eigenvalue weighted by Crippen LogP contribution is 2.22. The van der Waals surface area contributed by atoms with E-state index in [4.69, 9.17) is 20.6 Å². The van der Waals surface area contributed by atoms with Gasteiger partial charge in [-0.05, 0) is 11.5 Å². The van der Waals surface area contributed by atoms with Crippen LogP contribution in [-0.2, 0) is 20.4 Å². The first-order valence-electron chi connectivity index (χ1n) is 6.93. The maximum absolute atomic E-state index is 11.0. The van der Waals surface area contributed by atoms with Crippen molar-refractivity contribution < 1.29 is 25.9 Å². The molecule has 3 rings (SSSR count). The molecule has 7 N–H and O–H groups in total. The summed E-state index contributed by atoms with van der Waals surface area (Å²) in [4.78, 5) is 10.0. The molecule has 0 bridgehead atoms. The van der Waals surface area contributed by atoms with Crippen LogP contribution in [-0.4, -0.2) is 40.9 Å². The summed E-state index contributed by atoms with van der Waals surface area (Å²) in [5.41, 5.74) is 10.2. The summed E-state index contributed by atoms with van der Waals surface area (Å²) in [5, 5.41) is 1.33. The van der Waals surface area contributed by atoms with E-state index < -0.39 is 26.4 Å². The largest absolute Gasteiger partial charge is 0.368 e. The third-order valence-electron chi connectivity index (χ3n) is 2.92. The van der Waals surface area contributed by atoms with E-state index in [1.165, 1.54) is 6.07 Å². The molecule has 0 spiro atoms. The van der Waals surface area contributed by atoms with Crippen molar-refractivity contribution in [1.29, 1.82) is 0 Å². The zero-order chi connectivity index (χ0) is 20.2. The second kappa shape index (κ2) is 7.67. The van der Waals surface area contributed by atoms with Crippen molar-refractivity contribution in [3.8, 4) is 0 Å². The number of nitrogens with zero attached hydrogens (tertiary/aromatic N) is 3. The van der Waals surface area contributed by atoms with Gasteiger partial charge >= 0.3 is 10.3 Å². The zero-order valence-corrected chi connectivity index (χ0v) is 15.0. The van der Waals surface area contributed by atoms with Crippen LogP contribution in [0.5, 0.6) is 0 Å². The zero-order valence-electron chi connectivity index (χ0n) is 13.4. The predicted molar refractivity (Wildman–Crippen MR) is 97.6 cm³/mol. The van der Waals surface area contributed by atoms with Crippen molar-refractivity contribution in [2.45, 2.75) is 4.90 Å². The van der Waals surface area contributed by atoms with Crippen molar-refractivity contribution in [2.24, 2.45) is 0 Å². The molecule has 0 saturated carbocycles. The number of fused-ring (bicyclic) bond motifs is 1. The van der Waals surface area contributed by atoms with Gasteiger partial charge in [0.05, 0.1) is 0 Å². The molecule has 0 aliphatic carbocycles. The Morgan fingerprint density at radius 3 is 1.93 bits per heavy atom. The molecular formula is C13H14N6O6S2. The Kier molecular flexibility index (Phi) is 5.75. The SMILES string of the molecule is Nc1nc(N)nc(NS(=O)(=O)O)n1.O=S(=O)(O)c1cccc2ccccc12. The Morgan fingerprint density at radius 1 is 0.815 bits per heavy atom. The minimum Gasteiger partial charge on any atom is -0.368 e. The first kappa shape index (κ1) is 20.2. The number of anilines is 3. The molecule has 0 amide bonds. The Balaban J connectivity index is 0.000000194. The maximum Gasteiger partial charge on any atom is 0.359 e. The van der Waals surface area contributed by atoms with E-state index in [1.54, 1.807) is 35.1 Å². The molecule has 27 heavy (non-hydrogen) atoms. The Bertz CT molecular complexity index is 1160. The molecular weight excluding hydrogens is 400 g/mol. The fourth-order valence-corrected chi connectivity index (χ4v) is 3.03. The molecule has 0 unspecified atom stereocenters. The summed E-state index contributed by atoms with van der Waals surface area (Å²) in [6.45, 7) is 0. The van der Waals surface area contributed by atoms with Crippen molar-refractivity contribution in [2.75, 3.05) is 16.2 Å². The summed E-state index contributed by atoms with van der Waals surface area (Å²) in [5.74, 6) is -0.940. The third kappa shape index (κ3) is 6.00. The molecule has 1 aromatic heterocycles. The highest BCUT2D eigenvalue weighted by atomic mass is 32.2. The second-order valence-electron chi connectivity index (χ2n) is 4.90. The lowest BCUT2D eigenvalue weighted by molar-refractivity contribution is 0.483. The van der Waals surface area contributed by atoms with Gasteiger partial charge in [0.1, 0.15) is 4.90 Å². The van der Waals surface area contributed by atoms with Gasteiger partial charge in [0.25, 0.3) is 10.1 Å². The van der Waals surface area contributed by atoms with Crippen LogP contribution < -0.4 is 16.2 Å². The first-order valence-corrected chi connectivity index (χ1v) is 9.81. The van der Waals surface area contributed by atoms with Crippen LogP contribution in [0.3, 0.4) is 0 Å². The van der Waals surface area contributed by atoms with E-state index in [9.17, 15) is 16.8 Å². The van der Waals surface area contributed by atoms with Crippen LogP contribution in [0.2, 0.25) is 0 Å². The number of nitrogens with one attached hydrogen (secondary N) is 1. The van der Waals surface area contributed by atoms with Crippen molar-refractivity contribution in [3.63, 3.8) is 0 Å². The number of nitrogens with two attached hydrogens (primary N) is 2. The molecule has 2 aromatic carbocycles. The standard InChI is InChI=1S/C10H8O3S.C3H6N6O3S/c11-14(12,13)10-7-3-5-8-4-1-2-6-9(8)10;4-1-6-2(5)8-3(7-1)9-13(10,11)12/h1-7H,(H,11,12,13);(H,10,11,12)(H5,4,5,6,7,8,9). The van der Waals surface area contributed by atoms with Gasteiger partial charge in [0, 0.05) is 5.39 Å². The minimum absolute atomic E-state index is 0.0457. The number of aromatic nitrogens is 3. The van der Waals surface area contributed by atoms with Gasteiger partial charge in [0.2, 0.25) is 17.8 Å². The maximum atomic E-state index is 11.0. The van der Waals surface area contributed by atoms with E-state index in [1.807, 2.05) is 6.07 Å². The topological polar surface area (TPSA) is 211 Å². The molecule has 0 atom stereocenters. The summed E-state index contributed by atoms with van der Waals surface area (Å²) < 4.78 is 61.4. The van der Waals surface area contributed by atoms with Crippen LogP contribution in [0.25, 0.3) is 10.8 Å². The Hall–Kier alpha value is -3.07. The highest BCUT2D eigenvalue weighted by molar-refractivity contribution is 7.87. The van der Waals surface area contributed by atoms with Gasteiger partial charge in [-0.15, -0.1) is 0 Å². The fourth-order valence-electron chi connectivity index (χ4n) is 1.99. The lowest BCUT2D eigenvalue weighted by atomic mass is 10.1. The van der Waals surface area contributed by atoms with E-state index in [0.717, 1.165) is 5.39 Å². The summed E-state index contributed by atoms with van der Waals surface area (Å²) in [6.07, 6.45) is 0. The van der Waals surface area contributed by atoms with E-state index in [-0.39, 0.29) is 16.8 Å². The van der Waals surface area contributed by atoms with E-state index in [2.05, 4.69) is 15.0 Å². The molecule has 0 saturated heterocycles. The Morgan fingerprint density at radius 2 is 1.37 bits per heavy atom. The molecule has 14 heteroatoms. The van der Waals surface area contributed by atoms with Gasteiger partial charge in [0.15, 0.2) is 0 Å². The van der Waals surface area contributed by atoms with Crippen LogP contribution in [0.4, 0.5) is 17.8 Å². The van der Waals surface area contributed by atoms with Gasteiger partial charge in [-0.1, -0.05) is 36.4 Å². The van der Waals surface area contributed by atoms with Crippen molar-refractivity contribution in [1.82, 2.24) is 15.0 Å². The monoisotopic (exact) mass is 414 g/mol. The molecule has 1 heterocycles. The summed E-state index contributed by atoms with van der Waals surface area (Å²) >= 11 is 0. The van der Waals surface area contributed by atoms with Gasteiger partial charge < -0.3 is 11.5 Å². The number of hydrogen-bond donors (Lipinski definition) is 5. The minimum atomic E-state index is -4.42. The van der Waals surface area contributed by atoms with Gasteiger partial charge in [-0.3, -0.25) is 9.11 Å². The average Bonchev–Trinajstić information content (AvgIpc) is 2.51. The quantitative estimate of drug-likeness (QED) is 0.368. The van der Waals surface area contributed by atoms with Gasteiger partial charge in [-0.25, -0.2) is 4.72 Å². The van der Waals surface area contributed by atoms with Crippen LogP contribution in [0.15, 0.2) is 47.4 Å². The van der Waals surface area contributed by atoms with Crippen LogP contribution >= 0.6 is 0 Å². The second-order valence-corrected chi connectivity index (χ2v) is 7.45. The fraction of sp³-hybridized carbons (Fsp3) is 0. The molecule has 12 nitrogen and oxygen atoms in total. The number of rotatable bonds is 3. The van der Waals surface area contributed by atoms with Gasteiger partial charge in [-0.2, -0.15) is 31.8 Å². The smallest absolute Gasteiger partial charge is 0.359 e. The van der Waals surface area contributed by atoms with Crippen molar-refractivity contribution in [3.05, 3.63) is 42.5 Å². The average molecular weight is 414 g/mol. The number of benzene rings is 2. The molecule has 0 radical (unpaired) electrons. The molecule has 144 valence electrons. The third-order valence-corrected chi connectivity index (χ3v) is 4.27. The van der Waals surface area contributed by atoms with Crippen molar-refractivity contribution >= 4 is 49.0 Å². The normalized spacial score (nSPS) is 11.5. The molecule has 3 aromatic rings. The van der Waals surface area contributed by atoms with Crippen LogP contribution in [0, 0.1) is 0 Å². The predicted octanol–water partition coefficient (Wildman–Crippen LogP) is 0.337. The Labute approximate surface area is 153 Å². The molecule has 0 aliphatic rings. The summed E-state index contributed by atoms with van der Waals surface area (Å²) in [7, 11) is -8.55.